The minimum Gasteiger partial charge on any atom is -0.478 e. The monoisotopic (exact) mass is 499 g/mol. The van der Waals surface area contributed by atoms with Crippen LogP contribution in [0.5, 0.6) is 0 Å². The van der Waals surface area contributed by atoms with Gasteiger partial charge in [-0.3, -0.25) is 0 Å². The number of hydrogen-bond donors (Lipinski definition) is 3. The summed E-state index contributed by atoms with van der Waals surface area (Å²) in [5.74, 6) is -0.529. The van der Waals surface area contributed by atoms with Crippen molar-refractivity contribution in [1.29, 1.82) is 0 Å². The van der Waals surface area contributed by atoms with Crippen molar-refractivity contribution in [2.45, 2.75) is 58.9 Å². The Morgan fingerprint density at radius 3 is 2.32 bits per heavy atom. The molecule has 0 heterocycles. The Hall–Kier alpha value is -3.80. The molecule has 0 saturated heterocycles. The van der Waals surface area contributed by atoms with Gasteiger partial charge in [-0.05, 0) is 67.1 Å². The predicted octanol–water partition coefficient (Wildman–Crippen LogP) is 7.80. The molecule has 1 aliphatic rings. The lowest BCUT2D eigenvalue weighted by Crippen LogP contribution is -2.40. The number of carbonyl (C=O) groups is 2. The summed E-state index contributed by atoms with van der Waals surface area (Å²) in [6, 6.07) is 20.6. The van der Waals surface area contributed by atoms with E-state index in [0.717, 1.165) is 36.2 Å². The molecular weight excluding hydrogens is 462 g/mol. The van der Waals surface area contributed by atoms with Crippen LogP contribution in [0.25, 0.3) is 11.1 Å². The number of aryl methyl sites for hydroxylation is 1. The number of carboxylic acids is 1. The Morgan fingerprint density at radius 1 is 0.946 bits per heavy atom. The van der Waals surface area contributed by atoms with Crippen molar-refractivity contribution in [3.8, 4) is 11.1 Å². The molecule has 0 aliphatic heterocycles. The van der Waals surface area contributed by atoms with E-state index in [4.69, 9.17) is 0 Å². The Morgan fingerprint density at radius 2 is 1.65 bits per heavy atom. The van der Waals surface area contributed by atoms with E-state index in [2.05, 4.69) is 29.4 Å². The molecule has 3 aromatic carbocycles. The summed E-state index contributed by atoms with van der Waals surface area (Å²) in [6.45, 7) is 7.31. The third-order valence-electron chi connectivity index (χ3n) is 6.91. The third-order valence-corrected chi connectivity index (χ3v) is 6.91. The Bertz CT molecular complexity index is 1230. The first kappa shape index (κ1) is 26.3. The third kappa shape index (κ3) is 6.70. The fourth-order valence-electron chi connectivity index (χ4n) is 5.13. The zero-order chi connectivity index (χ0) is 26.4. The second kappa shape index (κ2) is 12.0. The number of nitrogens with one attached hydrogen (secondary N) is 2. The predicted molar refractivity (Wildman–Crippen MR) is 152 cm³/mol. The number of carbonyl (C=O) groups excluding carboxylic acids is 1. The first-order valence-electron chi connectivity index (χ1n) is 13.2. The van der Waals surface area contributed by atoms with Gasteiger partial charge in [0.25, 0.3) is 0 Å². The quantitative estimate of drug-likeness (QED) is 0.295. The van der Waals surface area contributed by atoms with Gasteiger partial charge in [0.1, 0.15) is 0 Å². The maximum Gasteiger partial charge on any atom is 0.336 e. The van der Waals surface area contributed by atoms with Crippen LogP contribution < -0.4 is 15.5 Å². The summed E-state index contributed by atoms with van der Waals surface area (Å²) < 4.78 is 0. The van der Waals surface area contributed by atoms with Crippen LogP contribution >= 0.6 is 0 Å². The number of hydrogen-bond acceptors (Lipinski definition) is 3. The molecule has 0 bridgehead atoms. The summed E-state index contributed by atoms with van der Waals surface area (Å²) >= 11 is 0. The van der Waals surface area contributed by atoms with Gasteiger partial charge in [-0.1, -0.05) is 75.1 Å². The topological polar surface area (TPSA) is 81.7 Å². The van der Waals surface area contributed by atoms with Crippen LogP contribution in [0.1, 0.15) is 61.9 Å². The number of amides is 2. The number of nitrogens with zero attached hydrogens (tertiary/aromatic N) is 1. The first-order chi connectivity index (χ1) is 17.8. The summed E-state index contributed by atoms with van der Waals surface area (Å²) in [5.41, 5.74) is 5.08. The van der Waals surface area contributed by atoms with E-state index in [-0.39, 0.29) is 11.6 Å². The molecule has 2 amide bonds. The van der Waals surface area contributed by atoms with Crippen molar-refractivity contribution >= 4 is 29.1 Å². The molecule has 37 heavy (non-hydrogen) atoms. The molecule has 3 N–H and O–H groups in total. The number of urea groups is 1. The highest BCUT2D eigenvalue weighted by Crippen LogP contribution is 2.37. The van der Waals surface area contributed by atoms with Crippen molar-refractivity contribution in [2.75, 3.05) is 22.1 Å². The molecule has 4 rings (SSSR count). The van der Waals surface area contributed by atoms with Gasteiger partial charge < -0.3 is 20.6 Å². The summed E-state index contributed by atoms with van der Waals surface area (Å²) in [4.78, 5) is 27.5. The molecule has 0 unspecified atom stereocenters. The van der Waals surface area contributed by atoms with Crippen molar-refractivity contribution in [3.05, 3.63) is 77.9 Å². The van der Waals surface area contributed by atoms with Gasteiger partial charge in [0, 0.05) is 18.3 Å². The standard InChI is InChI=1S/C31H37N3O3/c1-21(2)20-34(25-9-5-4-6-10-25)29-18-15-23(26-11-7-8-12-27(26)30(35)36)19-28(29)33-31(37)32-24-16-13-22(3)14-17-24/h7-8,11-19,21,25H,4-6,9-10,20H2,1-3H3,(H,35,36)(H2,32,33,37). The van der Waals surface area contributed by atoms with E-state index in [9.17, 15) is 14.7 Å². The second-order valence-electron chi connectivity index (χ2n) is 10.4. The van der Waals surface area contributed by atoms with Crippen LogP contribution in [0.15, 0.2) is 66.7 Å². The molecule has 0 aromatic heterocycles. The van der Waals surface area contributed by atoms with E-state index in [1.807, 2.05) is 61.5 Å². The Labute approximate surface area is 219 Å². The molecule has 0 spiro atoms. The molecule has 1 saturated carbocycles. The molecular formula is C31H37N3O3. The molecule has 6 heteroatoms. The van der Waals surface area contributed by atoms with Crippen LogP contribution in [-0.2, 0) is 0 Å². The lowest BCUT2D eigenvalue weighted by atomic mass is 9.92. The van der Waals surface area contributed by atoms with Crippen molar-refractivity contribution in [1.82, 2.24) is 0 Å². The smallest absolute Gasteiger partial charge is 0.336 e. The highest BCUT2D eigenvalue weighted by Gasteiger charge is 2.25. The van der Waals surface area contributed by atoms with E-state index in [0.29, 0.717) is 28.9 Å². The molecule has 3 aromatic rings. The minimum absolute atomic E-state index is 0.233. The lowest BCUT2D eigenvalue weighted by Gasteiger charge is -2.38. The second-order valence-corrected chi connectivity index (χ2v) is 10.4. The Balaban J connectivity index is 1.74. The van der Waals surface area contributed by atoms with Gasteiger partial charge in [-0.2, -0.15) is 0 Å². The minimum atomic E-state index is -0.977. The normalized spacial score (nSPS) is 13.8. The molecule has 0 radical (unpaired) electrons. The van der Waals surface area contributed by atoms with Gasteiger partial charge >= 0.3 is 12.0 Å². The lowest BCUT2D eigenvalue weighted by molar-refractivity contribution is 0.0697. The molecule has 194 valence electrons. The largest absolute Gasteiger partial charge is 0.478 e. The fourth-order valence-corrected chi connectivity index (χ4v) is 5.13. The molecule has 1 fully saturated rings. The zero-order valence-electron chi connectivity index (χ0n) is 22.0. The van der Waals surface area contributed by atoms with Gasteiger partial charge in [0.05, 0.1) is 16.9 Å². The van der Waals surface area contributed by atoms with Crippen LogP contribution in [0.4, 0.5) is 21.9 Å². The summed E-state index contributed by atoms with van der Waals surface area (Å²) in [7, 11) is 0. The molecule has 1 aliphatic carbocycles. The van der Waals surface area contributed by atoms with Crippen LogP contribution in [0.3, 0.4) is 0 Å². The number of anilines is 3. The summed E-state index contributed by atoms with van der Waals surface area (Å²) in [6.07, 6.45) is 5.94. The highest BCUT2D eigenvalue weighted by atomic mass is 16.4. The van der Waals surface area contributed by atoms with E-state index < -0.39 is 5.97 Å². The summed E-state index contributed by atoms with van der Waals surface area (Å²) in [5, 5.41) is 15.8. The van der Waals surface area contributed by atoms with E-state index in [1.54, 1.807) is 12.1 Å². The number of benzene rings is 3. The fraction of sp³-hybridized carbons (Fsp3) is 0.355. The number of aromatic carboxylic acids is 1. The van der Waals surface area contributed by atoms with Crippen LogP contribution in [0.2, 0.25) is 0 Å². The SMILES string of the molecule is Cc1ccc(NC(=O)Nc2cc(-c3ccccc3C(=O)O)ccc2N(CC(C)C)C2CCCCC2)cc1. The number of carboxylic acid groups (broad SMARTS) is 1. The van der Waals surface area contributed by atoms with Crippen molar-refractivity contribution in [3.63, 3.8) is 0 Å². The average Bonchev–Trinajstić information content (AvgIpc) is 2.89. The molecule has 0 atom stereocenters. The van der Waals surface area contributed by atoms with Crippen molar-refractivity contribution < 1.29 is 14.7 Å². The Kier molecular flexibility index (Phi) is 8.49. The maximum atomic E-state index is 13.1. The van der Waals surface area contributed by atoms with Crippen molar-refractivity contribution in [2.24, 2.45) is 5.92 Å². The zero-order valence-corrected chi connectivity index (χ0v) is 22.0. The average molecular weight is 500 g/mol. The van der Waals surface area contributed by atoms with Gasteiger partial charge in [0.15, 0.2) is 0 Å². The molecule has 6 nitrogen and oxygen atoms in total. The highest BCUT2D eigenvalue weighted by molar-refractivity contribution is 6.03. The first-order valence-corrected chi connectivity index (χ1v) is 13.2. The van der Waals surface area contributed by atoms with E-state index in [1.165, 1.54) is 19.3 Å². The van der Waals surface area contributed by atoms with Crippen LogP contribution in [-0.4, -0.2) is 29.7 Å². The van der Waals surface area contributed by atoms with Gasteiger partial charge in [-0.25, -0.2) is 9.59 Å². The van der Waals surface area contributed by atoms with E-state index >= 15 is 0 Å². The maximum absolute atomic E-state index is 13.1. The van der Waals surface area contributed by atoms with Crippen LogP contribution in [0, 0.1) is 12.8 Å². The number of rotatable bonds is 8. The van der Waals surface area contributed by atoms with Gasteiger partial charge in [0.2, 0.25) is 0 Å². The van der Waals surface area contributed by atoms with Gasteiger partial charge in [-0.15, -0.1) is 0 Å².